The highest BCUT2D eigenvalue weighted by molar-refractivity contribution is 5.86. The van der Waals surface area contributed by atoms with Crippen LogP contribution in [0.15, 0.2) is 78.4 Å². The maximum absolute atomic E-state index is 13.0. The van der Waals surface area contributed by atoms with Gasteiger partial charge in [0, 0.05) is 11.5 Å². The van der Waals surface area contributed by atoms with Crippen LogP contribution < -0.4 is 4.74 Å². The number of carbonyl (C=O) groups excluding carboxylic acids is 1. The molecule has 4 rings (SSSR count). The molecule has 0 aromatic heterocycles. The summed E-state index contributed by atoms with van der Waals surface area (Å²) >= 11 is 0. The number of carbonyl (C=O) groups is 1. The SMILES string of the molecule is C=C(C)C1CCC(COC(=O)[C@@H](C)c2ccc3cc(OC)ccc3c2)=CC1c1ccc(CCCCC)cc1O. The number of esters is 1. The van der Waals surface area contributed by atoms with E-state index < -0.39 is 0 Å². The molecule has 0 saturated carbocycles. The lowest BCUT2D eigenvalue weighted by Gasteiger charge is -2.32. The monoisotopic (exact) mass is 526 g/mol. The van der Waals surface area contributed by atoms with Crippen molar-refractivity contribution in [3.8, 4) is 11.5 Å². The van der Waals surface area contributed by atoms with E-state index in [1.807, 2.05) is 49.4 Å². The van der Waals surface area contributed by atoms with E-state index in [-0.39, 0.29) is 30.3 Å². The number of phenols is 1. The molecule has 0 radical (unpaired) electrons. The molecule has 0 aliphatic heterocycles. The number of phenolic OH excluding ortho intramolecular Hbond substituents is 1. The molecule has 2 unspecified atom stereocenters. The Bertz CT molecular complexity index is 1350. The Morgan fingerprint density at radius 2 is 1.85 bits per heavy atom. The van der Waals surface area contributed by atoms with Crippen LogP contribution in [0.4, 0.5) is 0 Å². The van der Waals surface area contributed by atoms with Crippen LogP contribution in [0.1, 0.15) is 81.4 Å². The first-order valence-corrected chi connectivity index (χ1v) is 14.2. The van der Waals surface area contributed by atoms with Crippen LogP contribution in [-0.2, 0) is 16.0 Å². The van der Waals surface area contributed by atoms with Crippen LogP contribution in [0, 0.1) is 5.92 Å². The first kappa shape index (κ1) is 28.5. The summed E-state index contributed by atoms with van der Waals surface area (Å²) < 4.78 is 11.1. The summed E-state index contributed by atoms with van der Waals surface area (Å²) in [4.78, 5) is 13.0. The van der Waals surface area contributed by atoms with Crippen LogP contribution in [-0.4, -0.2) is 24.8 Å². The van der Waals surface area contributed by atoms with Crippen molar-refractivity contribution < 1.29 is 19.4 Å². The topological polar surface area (TPSA) is 55.8 Å². The third kappa shape index (κ3) is 6.92. The highest BCUT2D eigenvalue weighted by Gasteiger charge is 2.29. The van der Waals surface area contributed by atoms with Crippen LogP contribution in [0.3, 0.4) is 0 Å². The zero-order chi connectivity index (χ0) is 27.9. The molecule has 1 aliphatic rings. The number of methoxy groups -OCH3 is 1. The van der Waals surface area contributed by atoms with Gasteiger partial charge >= 0.3 is 5.97 Å². The fourth-order valence-corrected chi connectivity index (χ4v) is 5.62. The fraction of sp³-hybridized carbons (Fsp3) is 0.400. The van der Waals surface area contributed by atoms with Crippen molar-refractivity contribution in [2.45, 2.75) is 71.1 Å². The van der Waals surface area contributed by atoms with Crippen molar-refractivity contribution in [3.63, 3.8) is 0 Å². The van der Waals surface area contributed by atoms with E-state index in [9.17, 15) is 9.90 Å². The van der Waals surface area contributed by atoms with E-state index in [1.54, 1.807) is 7.11 Å². The van der Waals surface area contributed by atoms with Crippen LogP contribution >= 0.6 is 0 Å². The normalized spacial score (nSPS) is 17.9. The molecule has 0 fully saturated rings. The first-order valence-electron chi connectivity index (χ1n) is 14.2. The Labute approximate surface area is 233 Å². The molecule has 3 atom stereocenters. The number of allylic oxidation sites excluding steroid dienone is 2. The van der Waals surface area contributed by atoms with Gasteiger partial charge in [-0.05, 0) is 91.1 Å². The molecule has 39 heavy (non-hydrogen) atoms. The summed E-state index contributed by atoms with van der Waals surface area (Å²) in [6.45, 7) is 10.7. The summed E-state index contributed by atoms with van der Waals surface area (Å²) in [7, 11) is 1.66. The molecule has 1 N–H and O–H groups in total. The zero-order valence-corrected chi connectivity index (χ0v) is 23.8. The van der Waals surface area contributed by atoms with E-state index in [0.29, 0.717) is 5.75 Å². The number of fused-ring (bicyclic) bond motifs is 1. The summed E-state index contributed by atoms with van der Waals surface area (Å²) in [5.41, 5.74) is 5.23. The van der Waals surface area contributed by atoms with E-state index in [2.05, 4.69) is 38.6 Å². The molecular formula is C35H42O4. The number of aryl methyl sites for hydroxylation is 1. The Balaban J connectivity index is 1.46. The number of hydrogen-bond acceptors (Lipinski definition) is 4. The average Bonchev–Trinajstić information content (AvgIpc) is 2.95. The van der Waals surface area contributed by atoms with Gasteiger partial charge in [-0.3, -0.25) is 4.79 Å². The van der Waals surface area contributed by atoms with Gasteiger partial charge in [0.15, 0.2) is 0 Å². The number of ether oxygens (including phenoxy) is 2. The summed E-state index contributed by atoms with van der Waals surface area (Å²) in [6.07, 6.45) is 8.46. The standard InChI is InChI=1S/C35H42O4/c1-6-7-8-9-25-10-17-32(34(36)19-25)33-18-26(11-16-31(33)23(2)3)22-39-35(37)24(4)27-12-13-29-21-30(38-5)15-14-28(29)20-27/h10,12-15,17-21,24,31,33,36H,2,6-9,11,16,22H2,1,3-5H3/t24-,31?,33?/m0/s1. The number of unbranched alkanes of at least 4 members (excludes halogenated alkanes) is 2. The second-order valence-electron chi connectivity index (χ2n) is 11.0. The van der Waals surface area contributed by atoms with Gasteiger partial charge in [0.05, 0.1) is 13.0 Å². The quantitative estimate of drug-likeness (QED) is 0.154. The largest absolute Gasteiger partial charge is 0.508 e. The highest BCUT2D eigenvalue weighted by atomic mass is 16.5. The molecule has 0 amide bonds. The minimum atomic E-state index is -0.371. The van der Waals surface area contributed by atoms with Crippen molar-refractivity contribution in [2.75, 3.05) is 13.7 Å². The van der Waals surface area contributed by atoms with Gasteiger partial charge in [0.25, 0.3) is 0 Å². The summed E-state index contributed by atoms with van der Waals surface area (Å²) in [6, 6.07) is 18.1. The average molecular weight is 527 g/mol. The minimum Gasteiger partial charge on any atom is -0.508 e. The molecule has 3 aromatic rings. The smallest absolute Gasteiger partial charge is 0.313 e. The molecule has 4 heteroatoms. The van der Waals surface area contributed by atoms with Gasteiger partial charge in [-0.1, -0.05) is 74.4 Å². The Morgan fingerprint density at radius 3 is 2.56 bits per heavy atom. The molecule has 0 saturated heterocycles. The summed E-state index contributed by atoms with van der Waals surface area (Å²) in [5, 5.41) is 13.1. The molecular weight excluding hydrogens is 484 g/mol. The van der Waals surface area contributed by atoms with E-state index in [1.165, 1.54) is 18.4 Å². The maximum Gasteiger partial charge on any atom is 0.313 e. The highest BCUT2D eigenvalue weighted by Crippen LogP contribution is 2.43. The first-order chi connectivity index (χ1) is 18.8. The lowest BCUT2D eigenvalue weighted by molar-refractivity contribution is -0.144. The Kier molecular flexibility index (Phi) is 9.50. The van der Waals surface area contributed by atoms with Crippen LogP contribution in [0.25, 0.3) is 10.8 Å². The lowest BCUT2D eigenvalue weighted by Crippen LogP contribution is -2.21. The van der Waals surface area contributed by atoms with Gasteiger partial charge in [-0.2, -0.15) is 0 Å². The number of hydrogen-bond donors (Lipinski definition) is 1. The molecule has 0 heterocycles. The van der Waals surface area contributed by atoms with Crippen molar-refractivity contribution in [1.29, 1.82) is 0 Å². The van der Waals surface area contributed by atoms with E-state index in [4.69, 9.17) is 9.47 Å². The van der Waals surface area contributed by atoms with Crippen molar-refractivity contribution >= 4 is 16.7 Å². The second-order valence-corrected chi connectivity index (χ2v) is 11.0. The van der Waals surface area contributed by atoms with Gasteiger partial charge in [0.1, 0.15) is 18.1 Å². The number of benzene rings is 3. The van der Waals surface area contributed by atoms with Gasteiger partial charge in [-0.25, -0.2) is 0 Å². The van der Waals surface area contributed by atoms with Crippen LogP contribution in [0.2, 0.25) is 0 Å². The number of rotatable bonds is 11. The van der Waals surface area contributed by atoms with Gasteiger partial charge in [-0.15, -0.1) is 0 Å². The Hall–Kier alpha value is -3.53. The van der Waals surface area contributed by atoms with Crippen molar-refractivity contribution in [3.05, 3.63) is 95.1 Å². The molecule has 206 valence electrons. The summed E-state index contributed by atoms with van der Waals surface area (Å²) in [5.74, 6) is 0.815. The molecule has 0 bridgehead atoms. The third-order valence-electron chi connectivity index (χ3n) is 8.11. The fourth-order valence-electron chi connectivity index (χ4n) is 5.62. The van der Waals surface area contributed by atoms with Crippen molar-refractivity contribution in [1.82, 2.24) is 0 Å². The number of aromatic hydroxyl groups is 1. The molecule has 0 spiro atoms. The van der Waals surface area contributed by atoms with E-state index in [0.717, 1.165) is 64.5 Å². The van der Waals surface area contributed by atoms with Crippen LogP contribution in [0.5, 0.6) is 11.5 Å². The maximum atomic E-state index is 13.0. The minimum absolute atomic E-state index is 0.0181. The zero-order valence-electron chi connectivity index (χ0n) is 23.8. The van der Waals surface area contributed by atoms with Gasteiger partial charge < -0.3 is 14.6 Å². The second kappa shape index (κ2) is 13.0. The predicted octanol–water partition coefficient (Wildman–Crippen LogP) is 8.63. The van der Waals surface area contributed by atoms with E-state index >= 15 is 0 Å². The third-order valence-corrected chi connectivity index (χ3v) is 8.11. The molecule has 1 aliphatic carbocycles. The van der Waals surface area contributed by atoms with Gasteiger partial charge in [0.2, 0.25) is 0 Å². The predicted molar refractivity (Wildman–Crippen MR) is 160 cm³/mol. The lowest BCUT2D eigenvalue weighted by atomic mass is 9.74. The Morgan fingerprint density at radius 1 is 1.08 bits per heavy atom. The molecule has 3 aromatic carbocycles. The van der Waals surface area contributed by atoms with Crippen molar-refractivity contribution in [2.24, 2.45) is 5.92 Å². The molecule has 4 nitrogen and oxygen atoms in total.